The van der Waals surface area contributed by atoms with Crippen molar-refractivity contribution in [3.05, 3.63) is 56.6 Å². The SMILES string of the molecule is Cc1nc(OCc2ccc(F)cc2F)c(Cl)c(=O)[nH]1. The molecule has 0 aliphatic carbocycles. The van der Waals surface area contributed by atoms with Crippen molar-refractivity contribution in [1.29, 1.82) is 0 Å². The van der Waals surface area contributed by atoms with Gasteiger partial charge in [0.05, 0.1) is 0 Å². The second-order valence-electron chi connectivity index (χ2n) is 3.79. The molecule has 0 saturated carbocycles. The zero-order valence-electron chi connectivity index (χ0n) is 9.84. The van der Waals surface area contributed by atoms with Crippen molar-refractivity contribution in [1.82, 2.24) is 9.97 Å². The van der Waals surface area contributed by atoms with Gasteiger partial charge in [0.2, 0.25) is 5.88 Å². The van der Waals surface area contributed by atoms with Crippen molar-refractivity contribution >= 4 is 11.6 Å². The van der Waals surface area contributed by atoms with Crippen molar-refractivity contribution in [2.24, 2.45) is 0 Å². The van der Waals surface area contributed by atoms with Crippen molar-refractivity contribution in [2.75, 3.05) is 0 Å². The van der Waals surface area contributed by atoms with Crippen LogP contribution in [0.25, 0.3) is 0 Å². The molecule has 19 heavy (non-hydrogen) atoms. The minimum atomic E-state index is -0.738. The number of hydrogen-bond donors (Lipinski definition) is 1. The van der Waals surface area contributed by atoms with E-state index in [4.69, 9.17) is 16.3 Å². The summed E-state index contributed by atoms with van der Waals surface area (Å²) in [6, 6.07) is 3.11. The number of H-pyrrole nitrogens is 1. The van der Waals surface area contributed by atoms with Crippen LogP contribution in [0.5, 0.6) is 5.88 Å². The number of halogens is 3. The molecule has 0 spiro atoms. The van der Waals surface area contributed by atoms with Crippen LogP contribution in [-0.4, -0.2) is 9.97 Å². The number of nitrogens with one attached hydrogen (secondary N) is 1. The van der Waals surface area contributed by atoms with E-state index in [1.165, 1.54) is 6.07 Å². The molecule has 0 bridgehead atoms. The van der Waals surface area contributed by atoms with E-state index >= 15 is 0 Å². The summed E-state index contributed by atoms with van der Waals surface area (Å²) in [5, 5.41) is -0.215. The van der Waals surface area contributed by atoms with E-state index in [0.29, 0.717) is 5.82 Å². The van der Waals surface area contributed by atoms with E-state index in [2.05, 4.69) is 9.97 Å². The van der Waals surface area contributed by atoms with Gasteiger partial charge in [0.15, 0.2) is 5.02 Å². The quantitative estimate of drug-likeness (QED) is 0.943. The number of hydrogen-bond acceptors (Lipinski definition) is 3. The number of aryl methyl sites for hydroxylation is 1. The van der Waals surface area contributed by atoms with Crippen molar-refractivity contribution in [3.8, 4) is 5.88 Å². The Morgan fingerprint density at radius 2 is 2.16 bits per heavy atom. The number of ether oxygens (including phenoxy) is 1. The molecule has 0 saturated heterocycles. The smallest absolute Gasteiger partial charge is 0.273 e. The topological polar surface area (TPSA) is 55.0 Å². The lowest BCUT2D eigenvalue weighted by molar-refractivity contribution is 0.286. The molecule has 1 N–H and O–H groups in total. The van der Waals surface area contributed by atoms with E-state index in [0.717, 1.165) is 12.1 Å². The van der Waals surface area contributed by atoms with Crippen LogP contribution in [0.15, 0.2) is 23.0 Å². The lowest BCUT2D eigenvalue weighted by atomic mass is 10.2. The number of benzene rings is 1. The third kappa shape index (κ3) is 3.08. The zero-order chi connectivity index (χ0) is 14.0. The Kier molecular flexibility index (Phi) is 3.80. The Bertz CT molecular complexity index is 673. The van der Waals surface area contributed by atoms with Crippen LogP contribution in [0.2, 0.25) is 5.02 Å². The summed E-state index contributed by atoms with van der Waals surface area (Å²) in [5.41, 5.74) is -0.402. The number of rotatable bonds is 3. The molecule has 1 aromatic heterocycles. The molecular weight excluding hydrogens is 278 g/mol. The van der Waals surface area contributed by atoms with E-state index in [-0.39, 0.29) is 23.1 Å². The summed E-state index contributed by atoms with van der Waals surface area (Å²) in [6.07, 6.45) is 0. The van der Waals surface area contributed by atoms with Gasteiger partial charge in [-0.3, -0.25) is 4.79 Å². The van der Waals surface area contributed by atoms with Gasteiger partial charge in [0.1, 0.15) is 24.1 Å². The van der Waals surface area contributed by atoms with E-state index in [1.807, 2.05) is 0 Å². The van der Waals surface area contributed by atoms with Crippen molar-refractivity contribution < 1.29 is 13.5 Å². The summed E-state index contributed by atoms with van der Waals surface area (Å²) in [4.78, 5) is 17.6. The largest absolute Gasteiger partial charge is 0.471 e. The monoisotopic (exact) mass is 286 g/mol. The summed E-state index contributed by atoms with van der Waals surface area (Å²) >= 11 is 5.71. The normalized spacial score (nSPS) is 10.5. The van der Waals surface area contributed by atoms with Gasteiger partial charge < -0.3 is 9.72 Å². The van der Waals surface area contributed by atoms with Crippen LogP contribution in [0, 0.1) is 18.6 Å². The molecule has 0 radical (unpaired) electrons. The molecule has 2 aromatic rings. The zero-order valence-corrected chi connectivity index (χ0v) is 10.6. The standard InChI is InChI=1S/C12H9ClF2N2O2/c1-6-16-11(18)10(13)12(17-6)19-5-7-2-3-8(14)4-9(7)15/h2-4H,5H2,1H3,(H,16,17,18). The molecule has 7 heteroatoms. The Labute approximate surface area is 112 Å². The Morgan fingerprint density at radius 3 is 2.84 bits per heavy atom. The highest BCUT2D eigenvalue weighted by Crippen LogP contribution is 2.19. The molecule has 2 rings (SSSR count). The maximum Gasteiger partial charge on any atom is 0.273 e. The van der Waals surface area contributed by atoms with E-state index in [1.54, 1.807) is 6.92 Å². The average molecular weight is 287 g/mol. The molecule has 1 heterocycles. The first kappa shape index (κ1) is 13.5. The average Bonchev–Trinajstić information content (AvgIpc) is 2.33. The second kappa shape index (κ2) is 5.36. The molecule has 0 atom stereocenters. The number of aromatic amines is 1. The second-order valence-corrected chi connectivity index (χ2v) is 4.17. The highest BCUT2D eigenvalue weighted by atomic mass is 35.5. The fourth-order valence-corrected chi connectivity index (χ4v) is 1.57. The van der Waals surface area contributed by atoms with Crippen LogP contribution in [0.3, 0.4) is 0 Å². The first-order valence-corrected chi connectivity index (χ1v) is 5.68. The molecule has 0 amide bonds. The van der Waals surface area contributed by atoms with E-state index < -0.39 is 17.2 Å². The van der Waals surface area contributed by atoms with Gasteiger partial charge in [0, 0.05) is 11.6 Å². The summed E-state index contributed by atoms with van der Waals surface area (Å²) < 4.78 is 31.3. The Morgan fingerprint density at radius 1 is 1.42 bits per heavy atom. The van der Waals surface area contributed by atoms with Gasteiger partial charge in [-0.05, 0) is 19.1 Å². The number of aromatic nitrogens is 2. The van der Waals surface area contributed by atoms with Gasteiger partial charge in [-0.2, -0.15) is 4.98 Å². The van der Waals surface area contributed by atoms with Crippen molar-refractivity contribution in [2.45, 2.75) is 13.5 Å². The van der Waals surface area contributed by atoms with Crippen LogP contribution >= 0.6 is 11.6 Å². The van der Waals surface area contributed by atoms with Gasteiger partial charge in [-0.15, -0.1) is 0 Å². The van der Waals surface area contributed by atoms with Crippen LogP contribution in [-0.2, 0) is 6.61 Å². The van der Waals surface area contributed by atoms with Gasteiger partial charge >= 0.3 is 0 Å². The molecule has 4 nitrogen and oxygen atoms in total. The number of nitrogens with zero attached hydrogens (tertiary/aromatic N) is 1. The fraction of sp³-hybridized carbons (Fsp3) is 0.167. The molecular formula is C12H9ClF2N2O2. The molecule has 1 aromatic carbocycles. The minimum absolute atomic E-state index is 0.0911. The lowest BCUT2D eigenvalue weighted by Gasteiger charge is -2.08. The van der Waals surface area contributed by atoms with Crippen LogP contribution < -0.4 is 10.3 Å². The molecule has 0 fully saturated rings. The molecule has 100 valence electrons. The third-order valence-electron chi connectivity index (χ3n) is 2.33. The van der Waals surface area contributed by atoms with Crippen LogP contribution in [0.4, 0.5) is 8.78 Å². The molecule has 0 aliphatic heterocycles. The maximum absolute atomic E-state index is 13.4. The van der Waals surface area contributed by atoms with E-state index in [9.17, 15) is 13.6 Å². The first-order chi connectivity index (χ1) is 8.97. The predicted molar refractivity (Wildman–Crippen MR) is 65.3 cm³/mol. The van der Waals surface area contributed by atoms with Gasteiger partial charge in [-0.25, -0.2) is 8.78 Å². The lowest BCUT2D eigenvalue weighted by Crippen LogP contribution is -2.12. The van der Waals surface area contributed by atoms with Gasteiger partial charge in [-0.1, -0.05) is 11.6 Å². The van der Waals surface area contributed by atoms with Gasteiger partial charge in [0.25, 0.3) is 5.56 Å². The highest BCUT2D eigenvalue weighted by Gasteiger charge is 2.11. The predicted octanol–water partition coefficient (Wildman–Crippen LogP) is 2.59. The summed E-state index contributed by atoms with van der Waals surface area (Å²) in [7, 11) is 0. The highest BCUT2D eigenvalue weighted by molar-refractivity contribution is 6.31. The Hall–Kier alpha value is -1.95. The third-order valence-corrected chi connectivity index (χ3v) is 2.66. The molecule has 0 aliphatic rings. The first-order valence-electron chi connectivity index (χ1n) is 5.30. The summed E-state index contributed by atoms with van der Waals surface area (Å²) in [5.74, 6) is -1.18. The summed E-state index contributed by atoms with van der Waals surface area (Å²) in [6.45, 7) is 1.35. The Balaban J connectivity index is 2.21. The minimum Gasteiger partial charge on any atom is -0.471 e. The fourth-order valence-electron chi connectivity index (χ4n) is 1.43. The van der Waals surface area contributed by atoms with Crippen LogP contribution in [0.1, 0.15) is 11.4 Å². The molecule has 0 unspecified atom stereocenters. The van der Waals surface area contributed by atoms with Crippen molar-refractivity contribution in [3.63, 3.8) is 0 Å². The maximum atomic E-state index is 13.4.